The molecule has 1 N–H and O–H groups in total. The lowest BCUT2D eigenvalue weighted by molar-refractivity contribution is -0.113. The van der Waals surface area contributed by atoms with Crippen molar-refractivity contribution in [2.45, 2.75) is 44.4 Å². The summed E-state index contributed by atoms with van der Waals surface area (Å²) in [6.07, 6.45) is 5.23. The van der Waals surface area contributed by atoms with Crippen molar-refractivity contribution in [3.05, 3.63) is 24.3 Å². The molecule has 1 aromatic carbocycles. The number of amides is 1. The molecule has 0 unspecified atom stereocenters. The van der Waals surface area contributed by atoms with Crippen molar-refractivity contribution in [2.24, 2.45) is 0 Å². The van der Waals surface area contributed by atoms with Crippen LogP contribution in [0.1, 0.15) is 39.5 Å². The molecule has 0 aromatic heterocycles. The number of hydrogen-bond acceptors (Lipinski definition) is 5. The fourth-order valence-corrected chi connectivity index (χ4v) is 5.59. The van der Waals surface area contributed by atoms with Crippen LogP contribution in [0.3, 0.4) is 0 Å². The third kappa shape index (κ3) is 7.06. The Labute approximate surface area is 174 Å². The summed E-state index contributed by atoms with van der Waals surface area (Å²) in [4.78, 5) is 14.9. The summed E-state index contributed by atoms with van der Waals surface area (Å²) in [5, 5.41) is 2.84. The van der Waals surface area contributed by atoms with E-state index in [1.165, 1.54) is 43.1 Å². The van der Waals surface area contributed by atoms with Crippen molar-refractivity contribution >= 4 is 33.4 Å². The molecule has 0 radical (unpaired) electrons. The van der Waals surface area contributed by atoms with Crippen molar-refractivity contribution < 1.29 is 13.2 Å². The third-order valence-corrected chi connectivity index (χ3v) is 7.97. The highest BCUT2D eigenvalue weighted by atomic mass is 32.2. The summed E-state index contributed by atoms with van der Waals surface area (Å²) in [5.74, 6) is 1.31. The molecule has 1 aromatic rings. The number of nitrogens with zero attached hydrogens (tertiary/aromatic N) is 2. The molecule has 1 amide bonds. The zero-order chi connectivity index (χ0) is 20.4. The number of likely N-dealkylation sites (tertiary alicyclic amines) is 1. The van der Waals surface area contributed by atoms with Crippen LogP contribution in [0, 0.1) is 0 Å². The van der Waals surface area contributed by atoms with Crippen LogP contribution in [0.4, 0.5) is 5.69 Å². The van der Waals surface area contributed by atoms with E-state index >= 15 is 0 Å². The Balaban J connectivity index is 1.76. The average Bonchev–Trinajstić information content (AvgIpc) is 2.95. The summed E-state index contributed by atoms with van der Waals surface area (Å²) >= 11 is 1.64. The zero-order valence-corrected chi connectivity index (χ0v) is 18.7. The molecular weight excluding hydrogens is 394 g/mol. The topological polar surface area (TPSA) is 69.7 Å². The van der Waals surface area contributed by atoms with Gasteiger partial charge in [-0.15, -0.1) is 0 Å². The van der Waals surface area contributed by atoms with Gasteiger partial charge in [0.05, 0.1) is 10.6 Å². The number of thioether (sulfide) groups is 1. The maximum atomic E-state index is 12.5. The second kappa shape index (κ2) is 11.8. The van der Waals surface area contributed by atoms with E-state index in [0.717, 1.165) is 12.3 Å². The van der Waals surface area contributed by atoms with E-state index in [-0.39, 0.29) is 10.8 Å². The number of benzene rings is 1. The van der Waals surface area contributed by atoms with Crippen LogP contribution in [0.2, 0.25) is 0 Å². The van der Waals surface area contributed by atoms with Crippen LogP contribution in [0.25, 0.3) is 0 Å². The molecule has 2 rings (SSSR count). The lowest BCUT2D eigenvalue weighted by Crippen LogP contribution is -2.30. The van der Waals surface area contributed by atoms with Crippen LogP contribution < -0.4 is 5.32 Å². The monoisotopic (exact) mass is 427 g/mol. The second-order valence-electron chi connectivity index (χ2n) is 6.97. The number of sulfonamides is 1. The zero-order valence-electron chi connectivity index (χ0n) is 17.0. The minimum Gasteiger partial charge on any atom is -0.325 e. The van der Waals surface area contributed by atoms with Crippen molar-refractivity contribution in [1.29, 1.82) is 0 Å². The van der Waals surface area contributed by atoms with E-state index in [1.807, 2.05) is 13.8 Å². The molecule has 0 spiro atoms. The molecule has 1 fully saturated rings. The highest BCUT2D eigenvalue weighted by Crippen LogP contribution is 2.18. The van der Waals surface area contributed by atoms with Gasteiger partial charge in [-0.25, -0.2) is 8.42 Å². The number of nitrogens with one attached hydrogen (secondary N) is 1. The predicted molar refractivity (Wildman–Crippen MR) is 117 cm³/mol. The number of anilines is 1. The Morgan fingerprint density at radius 3 is 2.25 bits per heavy atom. The molecule has 0 aliphatic carbocycles. The first-order valence-electron chi connectivity index (χ1n) is 10.2. The molecule has 8 heteroatoms. The third-order valence-electron chi connectivity index (χ3n) is 4.96. The smallest absolute Gasteiger partial charge is 0.243 e. The minimum absolute atomic E-state index is 0.0554. The number of carbonyl (C=O) groups is 1. The van der Waals surface area contributed by atoms with Gasteiger partial charge in [0.1, 0.15) is 0 Å². The maximum Gasteiger partial charge on any atom is 0.243 e. The molecule has 1 aliphatic heterocycles. The van der Waals surface area contributed by atoms with Gasteiger partial charge in [0, 0.05) is 31.1 Å². The van der Waals surface area contributed by atoms with Gasteiger partial charge in [0.25, 0.3) is 0 Å². The number of hydrogen-bond donors (Lipinski definition) is 1. The Morgan fingerprint density at radius 2 is 1.68 bits per heavy atom. The van der Waals surface area contributed by atoms with Gasteiger partial charge in [-0.2, -0.15) is 16.1 Å². The standard InChI is InChI=1S/C20H33N3O3S2/c1-3-23(4-2)28(25,26)19-11-9-18(10-12-19)21-20(24)17-27-16-15-22-13-7-5-6-8-14-22/h9-12H,3-8,13-17H2,1-2H3,(H,21,24). The first-order chi connectivity index (χ1) is 13.5. The highest BCUT2D eigenvalue weighted by Gasteiger charge is 2.21. The van der Waals surface area contributed by atoms with Crippen LogP contribution in [-0.2, 0) is 14.8 Å². The van der Waals surface area contributed by atoms with Crippen molar-refractivity contribution in [3.8, 4) is 0 Å². The van der Waals surface area contributed by atoms with E-state index in [0.29, 0.717) is 24.5 Å². The van der Waals surface area contributed by atoms with Crippen molar-refractivity contribution in [2.75, 3.05) is 49.5 Å². The van der Waals surface area contributed by atoms with Gasteiger partial charge in [-0.1, -0.05) is 26.7 Å². The normalized spacial score (nSPS) is 16.1. The second-order valence-corrected chi connectivity index (χ2v) is 10.0. The van der Waals surface area contributed by atoms with Gasteiger partial charge in [0.15, 0.2) is 0 Å². The molecule has 1 heterocycles. The van der Waals surface area contributed by atoms with Crippen LogP contribution in [0.5, 0.6) is 0 Å². The minimum atomic E-state index is -3.47. The first-order valence-corrected chi connectivity index (χ1v) is 12.8. The first kappa shape index (κ1) is 23.2. The molecule has 158 valence electrons. The molecule has 0 atom stereocenters. The van der Waals surface area contributed by atoms with Gasteiger partial charge >= 0.3 is 0 Å². The Hall–Kier alpha value is -1.09. The predicted octanol–water partition coefficient (Wildman–Crippen LogP) is 3.26. The summed E-state index contributed by atoms with van der Waals surface area (Å²) in [6.45, 7) is 7.90. The van der Waals surface area contributed by atoms with Crippen LogP contribution in [-0.4, -0.2) is 67.8 Å². The average molecular weight is 428 g/mol. The summed E-state index contributed by atoms with van der Waals surface area (Å²) in [7, 11) is -3.47. The molecule has 0 bridgehead atoms. The Morgan fingerprint density at radius 1 is 1.07 bits per heavy atom. The quantitative estimate of drug-likeness (QED) is 0.581. The summed E-state index contributed by atoms with van der Waals surface area (Å²) in [5.41, 5.74) is 0.622. The molecule has 28 heavy (non-hydrogen) atoms. The van der Waals surface area contributed by atoms with E-state index in [1.54, 1.807) is 36.0 Å². The largest absolute Gasteiger partial charge is 0.325 e. The highest BCUT2D eigenvalue weighted by molar-refractivity contribution is 7.99. The fraction of sp³-hybridized carbons (Fsp3) is 0.650. The Bertz CT molecular complexity index is 696. The number of rotatable bonds is 10. The van der Waals surface area contributed by atoms with E-state index < -0.39 is 10.0 Å². The fourth-order valence-electron chi connectivity index (χ4n) is 3.34. The van der Waals surface area contributed by atoms with Gasteiger partial charge in [0.2, 0.25) is 15.9 Å². The summed E-state index contributed by atoms with van der Waals surface area (Å²) < 4.78 is 26.4. The lowest BCUT2D eigenvalue weighted by Gasteiger charge is -2.19. The molecule has 1 saturated heterocycles. The van der Waals surface area contributed by atoms with Crippen molar-refractivity contribution in [1.82, 2.24) is 9.21 Å². The number of carbonyl (C=O) groups excluding carboxylic acids is 1. The van der Waals surface area contributed by atoms with E-state index in [2.05, 4.69) is 10.2 Å². The summed E-state index contributed by atoms with van der Waals surface area (Å²) in [6, 6.07) is 6.40. The van der Waals surface area contributed by atoms with E-state index in [9.17, 15) is 13.2 Å². The molecule has 0 saturated carbocycles. The van der Waals surface area contributed by atoms with E-state index in [4.69, 9.17) is 0 Å². The van der Waals surface area contributed by atoms with Gasteiger partial charge < -0.3 is 10.2 Å². The maximum absolute atomic E-state index is 12.5. The molecular formula is C20H33N3O3S2. The molecule has 6 nitrogen and oxygen atoms in total. The van der Waals surface area contributed by atoms with Gasteiger partial charge in [-0.05, 0) is 50.2 Å². The van der Waals surface area contributed by atoms with Crippen LogP contribution >= 0.6 is 11.8 Å². The molecule has 1 aliphatic rings. The van der Waals surface area contributed by atoms with Gasteiger partial charge in [-0.3, -0.25) is 4.79 Å². The Kier molecular flexibility index (Phi) is 9.77. The van der Waals surface area contributed by atoms with Crippen LogP contribution in [0.15, 0.2) is 29.2 Å². The van der Waals surface area contributed by atoms with Crippen molar-refractivity contribution in [3.63, 3.8) is 0 Å². The lowest BCUT2D eigenvalue weighted by atomic mass is 10.2. The SMILES string of the molecule is CCN(CC)S(=O)(=O)c1ccc(NC(=O)CSCCN2CCCCCC2)cc1.